The van der Waals surface area contributed by atoms with Gasteiger partial charge in [0.05, 0.1) is 0 Å². The van der Waals surface area contributed by atoms with Crippen molar-refractivity contribution in [1.29, 1.82) is 0 Å². The summed E-state index contributed by atoms with van der Waals surface area (Å²) in [5, 5.41) is 21.2. The average molecular weight is 456 g/mol. The summed E-state index contributed by atoms with van der Waals surface area (Å²) >= 11 is 0. The van der Waals surface area contributed by atoms with Crippen LogP contribution in [0.15, 0.2) is 12.2 Å². The number of aliphatic carboxylic acids is 2. The first-order valence-electron chi connectivity index (χ1n) is 11.8. The fourth-order valence-electron chi connectivity index (χ4n) is 3.42. The topological polar surface area (TPSA) is 83.5 Å². The summed E-state index contributed by atoms with van der Waals surface area (Å²) in [5.41, 5.74) is 0. The van der Waals surface area contributed by atoms with Crippen LogP contribution in [0.5, 0.6) is 0 Å². The molecule has 0 radical (unpaired) electrons. The Morgan fingerprint density at radius 2 is 1.00 bits per heavy atom. The number of carboxylic acid groups (broad SMARTS) is 2. The van der Waals surface area contributed by atoms with Gasteiger partial charge < -0.3 is 24.7 Å². The summed E-state index contributed by atoms with van der Waals surface area (Å²) in [4.78, 5) is 23.1. The minimum atomic E-state index is -1.09. The maximum atomic E-state index is 10.6. The third kappa shape index (κ3) is 30.6. The second-order valence-corrected chi connectivity index (χ2v) is 8.02. The Hall–Kier alpha value is 0.640. The van der Waals surface area contributed by atoms with Crippen LogP contribution in [0.1, 0.15) is 110 Å². The van der Waals surface area contributed by atoms with Crippen LogP contribution >= 0.6 is 0 Å². The fraction of sp³-hybridized carbons (Fsp3) is 0.833. The molecule has 0 unspecified atom stereocenters. The second-order valence-electron chi connectivity index (χ2n) is 8.02. The molecule has 0 atom stereocenters. The van der Waals surface area contributed by atoms with Crippen molar-refractivity contribution in [2.75, 3.05) is 19.6 Å². The second kappa shape index (κ2) is 28.7. The van der Waals surface area contributed by atoms with Gasteiger partial charge in [0.15, 0.2) is 0 Å². The van der Waals surface area contributed by atoms with Crippen LogP contribution in [0.2, 0.25) is 0 Å². The van der Waals surface area contributed by atoms with E-state index in [1.165, 1.54) is 77.0 Å². The zero-order valence-electron chi connectivity index (χ0n) is 20.7. The van der Waals surface area contributed by atoms with Gasteiger partial charge in [0.2, 0.25) is 0 Å². The van der Waals surface area contributed by atoms with Gasteiger partial charge in [0.25, 0.3) is 0 Å². The Morgan fingerprint density at radius 1 is 0.613 bits per heavy atom. The van der Waals surface area contributed by atoms with Crippen LogP contribution in [0.4, 0.5) is 0 Å². The number of allylic oxidation sites excluding steroid dienone is 2. The van der Waals surface area contributed by atoms with E-state index in [-0.39, 0.29) is 72.0 Å². The van der Waals surface area contributed by atoms with Crippen molar-refractivity contribution in [2.45, 2.75) is 110 Å². The molecule has 5 nitrogen and oxygen atoms in total. The SMILES string of the molecule is CCCCCCCC/C=C\CCCCCCCCN(CCC(=O)[O-])CCC(=O)[O-].[Na+].[Na+]. The van der Waals surface area contributed by atoms with Gasteiger partial charge in [0.1, 0.15) is 0 Å². The molecule has 0 heterocycles. The molecule has 0 fully saturated rings. The molecule has 0 rings (SSSR count). The van der Waals surface area contributed by atoms with E-state index < -0.39 is 11.9 Å². The molecule has 0 spiro atoms. The van der Waals surface area contributed by atoms with Gasteiger partial charge in [0, 0.05) is 25.0 Å². The predicted molar refractivity (Wildman–Crippen MR) is 115 cm³/mol. The number of hydrogen-bond donors (Lipinski definition) is 0. The van der Waals surface area contributed by atoms with Crippen LogP contribution in [0, 0.1) is 0 Å². The Morgan fingerprint density at radius 3 is 1.42 bits per heavy atom. The minimum absolute atomic E-state index is 0. The summed E-state index contributed by atoms with van der Waals surface area (Å²) in [7, 11) is 0. The maximum Gasteiger partial charge on any atom is 1.00 e. The van der Waals surface area contributed by atoms with Crippen molar-refractivity contribution in [2.24, 2.45) is 0 Å². The summed E-state index contributed by atoms with van der Waals surface area (Å²) in [6, 6.07) is 0. The first kappa shape index (κ1) is 36.2. The Bertz CT molecular complexity index is 416. The van der Waals surface area contributed by atoms with E-state index in [2.05, 4.69) is 19.1 Å². The van der Waals surface area contributed by atoms with Gasteiger partial charge in [-0.3, -0.25) is 0 Å². The van der Waals surface area contributed by atoms with Crippen molar-refractivity contribution >= 4 is 11.9 Å². The molecule has 0 aliphatic carbocycles. The Labute approximate surface area is 235 Å². The summed E-state index contributed by atoms with van der Waals surface area (Å²) in [6.45, 7) is 3.69. The van der Waals surface area contributed by atoms with Crippen LogP contribution in [0.3, 0.4) is 0 Å². The molecule has 0 N–H and O–H groups in total. The summed E-state index contributed by atoms with van der Waals surface area (Å²) in [5.74, 6) is -2.19. The normalized spacial score (nSPS) is 10.8. The molecule has 0 amide bonds. The number of carbonyl (C=O) groups is 2. The molecule has 0 aromatic rings. The van der Waals surface area contributed by atoms with Crippen LogP contribution in [-0.4, -0.2) is 36.5 Å². The van der Waals surface area contributed by atoms with Gasteiger partial charge in [-0.15, -0.1) is 0 Å². The van der Waals surface area contributed by atoms with Crippen molar-refractivity contribution in [3.63, 3.8) is 0 Å². The smallest absolute Gasteiger partial charge is 0.550 e. The van der Waals surface area contributed by atoms with E-state index in [1.807, 2.05) is 4.90 Å². The van der Waals surface area contributed by atoms with Crippen molar-refractivity contribution in [1.82, 2.24) is 4.90 Å². The van der Waals surface area contributed by atoms with Crippen LogP contribution < -0.4 is 69.3 Å². The largest absolute Gasteiger partial charge is 1.00 e. The molecular formula is C24H43NNa2O4. The van der Waals surface area contributed by atoms with Crippen molar-refractivity contribution in [3.8, 4) is 0 Å². The monoisotopic (exact) mass is 455 g/mol. The quantitative estimate of drug-likeness (QED) is 0.103. The fourth-order valence-corrected chi connectivity index (χ4v) is 3.42. The molecule has 0 saturated heterocycles. The van der Waals surface area contributed by atoms with Crippen molar-refractivity contribution < 1.29 is 78.9 Å². The van der Waals surface area contributed by atoms with Gasteiger partial charge >= 0.3 is 59.1 Å². The number of rotatable bonds is 22. The molecule has 0 aliphatic rings. The van der Waals surface area contributed by atoms with Gasteiger partial charge in [-0.25, -0.2) is 0 Å². The molecule has 170 valence electrons. The maximum absolute atomic E-state index is 10.6. The number of unbranched alkanes of at least 4 members (excludes halogenated alkanes) is 12. The van der Waals surface area contributed by atoms with E-state index >= 15 is 0 Å². The van der Waals surface area contributed by atoms with E-state index in [1.54, 1.807) is 0 Å². The summed E-state index contributed by atoms with van der Waals surface area (Å²) < 4.78 is 0. The van der Waals surface area contributed by atoms with Gasteiger partial charge in [-0.05, 0) is 51.5 Å². The average Bonchev–Trinajstić information content (AvgIpc) is 2.68. The Kier molecular flexibility index (Phi) is 33.5. The standard InChI is InChI=1S/C24H45NO4.2Na/c1-2-3-4-5-6-7-8-9-10-11-12-13-14-15-16-17-20-25(21-18-23(26)27)22-19-24(28)29;;/h9-10H,2-8,11-22H2,1H3,(H,26,27)(H,28,29);;/q;2*+1/p-2/b10-9-;;. The first-order valence-corrected chi connectivity index (χ1v) is 11.8. The number of hydrogen-bond acceptors (Lipinski definition) is 5. The van der Waals surface area contributed by atoms with Crippen molar-refractivity contribution in [3.05, 3.63) is 12.2 Å². The molecule has 0 saturated carbocycles. The van der Waals surface area contributed by atoms with E-state index in [4.69, 9.17) is 0 Å². The zero-order chi connectivity index (χ0) is 21.6. The van der Waals surface area contributed by atoms with Gasteiger partial charge in [-0.2, -0.15) is 0 Å². The number of nitrogens with zero attached hydrogens (tertiary/aromatic N) is 1. The molecule has 0 aromatic carbocycles. The molecular weight excluding hydrogens is 412 g/mol. The zero-order valence-corrected chi connectivity index (χ0v) is 24.7. The van der Waals surface area contributed by atoms with Gasteiger partial charge in [-0.1, -0.05) is 76.9 Å². The Balaban J connectivity index is -0.00000392. The number of carboxylic acids is 2. The third-order valence-electron chi connectivity index (χ3n) is 5.25. The molecule has 7 heteroatoms. The molecule has 0 aliphatic heterocycles. The van der Waals surface area contributed by atoms with Crippen LogP contribution in [-0.2, 0) is 9.59 Å². The molecule has 31 heavy (non-hydrogen) atoms. The predicted octanol–water partition coefficient (Wildman–Crippen LogP) is -2.39. The minimum Gasteiger partial charge on any atom is -0.550 e. The van der Waals surface area contributed by atoms with E-state index in [0.29, 0.717) is 13.1 Å². The molecule has 0 aromatic heterocycles. The number of carbonyl (C=O) groups excluding carboxylic acids is 2. The first-order chi connectivity index (χ1) is 14.1. The van der Waals surface area contributed by atoms with E-state index in [9.17, 15) is 19.8 Å². The third-order valence-corrected chi connectivity index (χ3v) is 5.25. The van der Waals surface area contributed by atoms with E-state index in [0.717, 1.165) is 19.4 Å². The summed E-state index contributed by atoms with van der Waals surface area (Å²) in [6.07, 6.45) is 22.1. The molecule has 0 bridgehead atoms. The van der Waals surface area contributed by atoms with Crippen LogP contribution in [0.25, 0.3) is 0 Å².